The van der Waals surface area contributed by atoms with Crippen LogP contribution in [0.2, 0.25) is 0 Å². The smallest absolute Gasteiger partial charge is 0.343 e. The third kappa shape index (κ3) is 4.38. The fraction of sp³-hybridized carbons (Fsp3) is 0.478. The van der Waals surface area contributed by atoms with Crippen LogP contribution in [0.5, 0.6) is 0 Å². The van der Waals surface area contributed by atoms with Crippen molar-refractivity contribution < 1.29 is 13.9 Å². The maximum Gasteiger partial charge on any atom is 0.343 e. The van der Waals surface area contributed by atoms with Gasteiger partial charge >= 0.3 is 5.97 Å². The van der Waals surface area contributed by atoms with Crippen molar-refractivity contribution in [2.75, 3.05) is 18.1 Å². The minimum absolute atomic E-state index is 0.0173. The number of carbonyl (C=O) groups excluding carboxylic acids is 1. The van der Waals surface area contributed by atoms with Crippen molar-refractivity contribution in [3.63, 3.8) is 0 Å². The molecule has 0 radical (unpaired) electrons. The molecule has 0 saturated carbocycles. The summed E-state index contributed by atoms with van der Waals surface area (Å²) in [6.07, 6.45) is 8.25. The molecule has 4 heterocycles. The fourth-order valence-corrected chi connectivity index (χ4v) is 4.11. The highest BCUT2D eigenvalue weighted by atomic mass is 19.1. The van der Waals surface area contributed by atoms with Crippen molar-refractivity contribution in [2.45, 2.75) is 52.5 Å². The number of ether oxygens (including phenoxy) is 1. The zero-order chi connectivity index (χ0) is 22.0. The van der Waals surface area contributed by atoms with Gasteiger partial charge in [0.15, 0.2) is 5.65 Å². The summed E-state index contributed by atoms with van der Waals surface area (Å²) in [5.74, 6) is -0.227. The molecule has 0 N–H and O–H groups in total. The van der Waals surface area contributed by atoms with Gasteiger partial charge in [0.05, 0.1) is 42.1 Å². The van der Waals surface area contributed by atoms with Gasteiger partial charge in [-0.15, -0.1) is 0 Å². The van der Waals surface area contributed by atoms with Gasteiger partial charge in [-0.05, 0) is 44.6 Å². The minimum Gasteiger partial charge on any atom is -0.462 e. The van der Waals surface area contributed by atoms with Gasteiger partial charge in [0.1, 0.15) is 11.4 Å². The van der Waals surface area contributed by atoms with E-state index in [1.54, 1.807) is 23.7 Å². The second-order valence-corrected chi connectivity index (χ2v) is 8.30. The van der Waals surface area contributed by atoms with E-state index in [-0.39, 0.29) is 18.5 Å². The molecule has 164 valence electrons. The number of nitrogens with zero attached hydrogens (tertiary/aromatic N) is 5. The van der Waals surface area contributed by atoms with Crippen LogP contribution < -0.4 is 4.90 Å². The topological polar surface area (TPSA) is 72.6 Å². The Kier molecular flexibility index (Phi) is 6.15. The van der Waals surface area contributed by atoms with Crippen LogP contribution in [0, 0.1) is 11.7 Å². The van der Waals surface area contributed by atoms with E-state index < -0.39 is 5.97 Å². The number of aromatic nitrogens is 4. The summed E-state index contributed by atoms with van der Waals surface area (Å²) < 4.78 is 20.9. The van der Waals surface area contributed by atoms with E-state index in [1.807, 2.05) is 6.07 Å². The van der Waals surface area contributed by atoms with Gasteiger partial charge in [-0.25, -0.2) is 18.7 Å². The fourth-order valence-electron chi connectivity index (χ4n) is 4.11. The van der Waals surface area contributed by atoms with Gasteiger partial charge in [-0.2, -0.15) is 5.10 Å². The van der Waals surface area contributed by atoms with Crippen LogP contribution in [-0.2, 0) is 11.2 Å². The van der Waals surface area contributed by atoms with E-state index in [0.717, 1.165) is 49.3 Å². The summed E-state index contributed by atoms with van der Waals surface area (Å²) in [5.41, 5.74) is 3.40. The molecular formula is C23H28FN5O2. The number of aryl methyl sites for hydroxylation is 1. The molecule has 1 aliphatic rings. The first-order valence-electron chi connectivity index (χ1n) is 10.9. The number of pyridine rings is 1. The SMILES string of the molecule is CCOC(=O)c1cnn2ccc(C3CCCN3c3cc(F)cnc3CCC(C)C)nc12. The van der Waals surface area contributed by atoms with Crippen LogP contribution in [0.25, 0.3) is 5.65 Å². The highest BCUT2D eigenvalue weighted by molar-refractivity contribution is 5.95. The lowest BCUT2D eigenvalue weighted by Crippen LogP contribution is -2.25. The predicted molar refractivity (Wildman–Crippen MR) is 116 cm³/mol. The Morgan fingerprint density at radius 2 is 2.19 bits per heavy atom. The Labute approximate surface area is 181 Å². The monoisotopic (exact) mass is 425 g/mol. The first-order valence-corrected chi connectivity index (χ1v) is 10.9. The molecule has 31 heavy (non-hydrogen) atoms. The number of rotatable bonds is 7. The zero-order valence-corrected chi connectivity index (χ0v) is 18.2. The molecule has 1 saturated heterocycles. The summed E-state index contributed by atoms with van der Waals surface area (Å²) >= 11 is 0. The van der Waals surface area contributed by atoms with Gasteiger partial charge in [0.25, 0.3) is 0 Å². The molecule has 1 fully saturated rings. The molecule has 1 atom stereocenters. The van der Waals surface area contributed by atoms with E-state index in [0.29, 0.717) is 17.1 Å². The summed E-state index contributed by atoms with van der Waals surface area (Å²) in [7, 11) is 0. The van der Waals surface area contributed by atoms with Crippen LogP contribution in [0.4, 0.5) is 10.1 Å². The molecule has 0 aliphatic carbocycles. The summed E-state index contributed by atoms with van der Waals surface area (Å²) in [6, 6.07) is 3.48. The second-order valence-electron chi connectivity index (χ2n) is 8.30. The largest absolute Gasteiger partial charge is 0.462 e. The lowest BCUT2D eigenvalue weighted by atomic mass is 10.0. The van der Waals surface area contributed by atoms with E-state index >= 15 is 0 Å². The summed E-state index contributed by atoms with van der Waals surface area (Å²) in [4.78, 5) is 23.6. The molecule has 3 aromatic heterocycles. The second kappa shape index (κ2) is 8.99. The average Bonchev–Trinajstić information content (AvgIpc) is 3.39. The van der Waals surface area contributed by atoms with Crippen molar-refractivity contribution in [1.29, 1.82) is 0 Å². The highest BCUT2D eigenvalue weighted by Gasteiger charge is 2.30. The zero-order valence-electron chi connectivity index (χ0n) is 18.2. The van der Waals surface area contributed by atoms with Gasteiger partial charge in [-0.1, -0.05) is 13.8 Å². The molecule has 0 amide bonds. The van der Waals surface area contributed by atoms with Crippen LogP contribution in [0.3, 0.4) is 0 Å². The van der Waals surface area contributed by atoms with Crippen molar-refractivity contribution >= 4 is 17.3 Å². The lowest BCUT2D eigenvalue weighted by Gasteiger charge is -2.28. The number of halogens is 1. The minimum atomic E-state index is -0.435. The standard InChI is InChI=1S/C23H28FN5O2/c1-4-31-23(30)17-14-26-29-11-9-19(27-22(17)29)20-6-5-10-28(20)21-12-16(24)13-25-18(21)8-7-15(2)3/h9,11-15,20H,4-8,10H2,1-3H3. The molecule has 0 bridgehead atoms. The maximum absolute atomic E-state index is 14.1. The molecule has 8 heteroatoms. The first kappa shape index (κ1) is 21.2. The maximum atomic E-state index is 14.1. The quantitative estimate of drug-likeness (QED) is 0.524. The molecule has 4 rings (SSSR count). The van der Waals surface area contributed by atoms with Crippen molar-refractivity contribution in [3.05, 3.63) is 53.5 Å². The van der Waals surface area contributed by atoms with Crippen molar-refractivity contribution in [3.8, 4) is 0 Å². The van der Waals surface area contributed by atoms with Crippen LogP contribution >= 0.6 is 0 Å². The van der Waals surface area contributed by atoms with Gasteiger partial charge in [0.2, 0.25) is 0 Å². The molecule has 1 aliphatic heterocycles. The molecule has 1 unspecified atom stereocenters. The predicted octanol–water partition coefficient (Wildman–Crippen LogP) is 4.37. The van der Waals surface area contributed by atoms with E-state index in [4.69, 9.17) is 9.72 Å². The molecule has 3 aromatic rings. The van der Waals surface area contributed by atoms with Gasteiger partial charge in [0, 0.05) is 18.8 Å². The summed E-state index contributed by atoms with van der Waals surface area (Å²) in [6.45, 7) is 7.21. The van der Waals surface area contributed by atoms with E-state index in [9.17, 15) is 9.18 Å². The normalized spacial score (nSPS) is 16.4. The Morgan fingerprint density at radius 1 is 1.35 bits per heavy atom. The molecule has 7 nitrogen and oxygen atoms in total. The van der Waals surface area contributed by atoms with Crippen LogP contribution in [0.15, 0.2) is 30.7 Å². The summed E-state index contributed by atoms with van der Waals surface area (Å²) in [5, 5.41) is 4.21. The number of anilines is 1. The Balaban J connectivity index is 1.69. The van der Waals surface area contributed by atoms with Gasteiger partial charge < -0.3 is 9.64 Å². The van der Waals surface area contributed by atoms with Crippen molar-refractivity contribution in [2.24, 2.45) is 5.92 Å². The lowest BCUT2D eigenvalue weighted by molar-refractivity contribution is 0.0528. The Hall–Kier alpha value is -3.03. The number of hydrogen-bond acceptors (Lipinski definition) is 6. The molecular weight excluding hydrogens is 397 g/mol. The number of esters is 1. The Morgan fingerprint density at radius 3 is 2.97 bits per heavy atom. The molecule has 0 aromatic carbocycles. The van der Waals surface area contributed by atoms with Gasteiger partial charge in [-0.3, -0.25) is 4.98 Å². The average molecular weight is 426 g/mol. The van der Waals surface area contributed by atoms with Crippen molar-refractivity contribution in [1.82, 2.24) is 19.6 Å². The number of hydrogen-bond donors (Lipinski definition) is 0. The molecule has 0 spiro atoms. The van der Waals surface area contributed by atoms with E-state index in [1.165, 1.54) is 12.4 Å². The third-order valence-corrected chi connectivity index (χ3v) is 5.66. The third-order valence-electron chi connectivity index (χ3n) is 5.66. The van der Waals surface area contributed by atoms with Crippen LogP contribution in [0.1, 0.15) is 67.8 Å². The highest BCUT2D eigenvalue weighted by Crippen LogP contribution is 2.37. The Bertz CT molecular complexity index is 1080. The number of fused-ring (bicyclic) bond motifs is 1. The first-order chi connectivity index (χ1) is 15.0. The van der Waals surface area contributed by atoms with Crippen LogP contribution in [-0.4, -0.2) is 38.7 Å². The number of carbonyl (C=O) groups is 1. The van der Waals surface area contributed by atoms with E-state index in [2.05, 4.69) is 28.8 Å².